The third-order valence-electron chi connectivity index (χ3n) is 2.92. The van der Waals surface area contributed by atoms with E-state index in [4.69, 9.17) is 9.47 Å². The van der Waals surface area contributed by atoms with Crippen LogP contribution in [0, 0.1) is 0 Å². The Balaban J connectivity index is 2.04. The molecule has 0 saturated heterocycles. The van der Waals surface area contributed by atoms with Crippen LogP contribution in [0.2, 0.25) is 0 Å². The van der Waals surface area contributed by atoms with Crippen LogP contribution in [0.25, 0.3) is 0 Å². The van der Waals surface area contributed by atoms with Gasteiger partial charge >= 0.3 is 0 Å². The molecule has 1 rings (SSSR count). The Labute approximate surface area is 93.5 Å². The highest BCUT2D eigenvalue weighted by Crippen LogP contribution is 2.17. The summed E-state index contributed by atoms with van der Waals surface area (Å²) in [7, 11) is 1.71. The van der Waals surface area contributed by atoms with E-state index in [2.05, 4.69) is 19.2 Å². The zero-order chi connectivity index (χ0) is 11.1. The molecule has 0 amide bonds. The van der Waals surface area contributed by atoms with Gasteiger partial charge in [-0.2, -0.15) is 0 Å². The molecule has 0 aliphatic heterocycles. The smallest absolute Gasteiger partial charge is 0.0784 e. The average molecular weight is 215 g/mol. The summed E-state index contributed by atoms with van der Waals surface area (Å²) in [6, 6.07) is 0.730. The van der Waals surface area contributed by atoms with E-state index in [0.717, 1.165) is 12.6 Å². The van der Waals surface area contributed by atoms with E-state index in [1.807, 2.05) is 0 Å². The molecule has 0 aromatic heterocycles. The molecule has 0 heterocycles. The Morgan fingerprint density at radius 2 is 1.87 bits per heavy atom. The number of methoxy groups -OCH3 is 1. The highest BCUT2D eigenvalue weighted by atomic mass is 16.5. The Kier molecular flexibility index (Phi) is 6.22. The van der Waals surface area contributed by atoms with E-state index in [-0.39, 0.29) is 12.2 Å². The van der Waals surface area contributed by atoms with Gasteiger partial charge in [-0.05, 0) is 26.7 Å². The van der Waals surface area contributed by atoms with E-state index in [0.29, 0.717) is 6.61 Å². The van der Waals surface area contributed by atoms with Gasteiger partial charge in [0.1, 0.15) is 0 Å². The van der Waals surface area contributed by atoms with Crippen LogP contribution in [0.3, 0.4) is 0 Å². The van der Waals surface area contributed by atoms with Crippen LogP contribution in [0.5, 0.6) is 0 Å². The molecule has 90 valence electrons. The van der Waals surface area contributed by atoms with Crippen molar-refractivity contribution in [2.45, 2.75) is 57.8 Å². The second kappa shape index (κ2) is 7.20. The van der Waals surface area contributed by atoms with Crippen molar-refractivity contribution in [3.8, 4) is 0 Å². The first-order valence-electron chi connectivity index (χ1n) is 6.10. The van der Waals surface area contributed by atoms with Gasteiger partial charge in [0, 0.05) is 19.7 Å². The lowest BCUT2D eigenvalue weighted by Crippen LogP contribution is -2.35. The molecule has 1 N–H and O–H groups in total. The molecular weight excluding hydrogens is 190 g/mol. The van der Waals surface area contributed by atoms with E-state index in [1.54, 1.807) is 7.11 Å². The van der Waals surface area contributed by atoms with Gasteiger partial charge in [0.25, 0.3) is 0 Å². The molecule has 0 aromatic rings. The maximum atomic E-state index is 5.76. The van der Waals surface area contributed by atoms with Crippen molar-refractivity contribution in [1.82, 2.24) is 5.32 Å². The van der Waals surface area contributed by atoms with Crippen LogP contribution < -0.4 is 5.32 Å². The molecule has 0 spiro atoms. The maximum Gasteiger partial charge on any atom is 0.0784 e. The molecule has 2 unspecified atom stereocenters. The first-order chi connectivity index (χ1) is 7.22. The van der Waals surface area contributed by atoms with Crippen molar-refractivity contribution in [2.24, 2.45) is 0 Å². The van der Waals surface area contributed by atoms with Crippen molar-refractivity contribution in [1.29, 1.82) is 0 Å². The first-order valence-corrected chi connectivity index (χ1v) is 6.10. The minimum absolute atomic E-state index is 0.190. The summed E-state index contributed by atoms with van der Waals surface area (Å²) in [6.45, 7) is 5.80. The third-order valence-corrected chi connectivity index (χ3v) is 2.92. The lowest BCUT2D eigenvalue weighted by molar-refractivity contribution is -0.0307. The fraction of sp³-hybridized carbons (Fsp3) is 1.00. The molecule has 15 heavy (non-hydrogen) atoms. The molecular formula is C12H25NO2. The van der Waals surface area contributed by atoms with Gasteiger partial charge < -0.3 is 14.8 Å². The zero-order valence-corrected chi connectivity index (χ0v) is 10.3. The van der Waals surface area contributed by atoms with Gasteiger partial charge in [0.05, 0.1) is 18.8 Å². The standard InChI is InChI=1S/C12H25NO2/c1-10(15-11(2)9-14-3)8-13-12-6-4-5-7-12/h10-13H,4-9H2,1-3H3. The predicted octanol–water partition coefficient (Wildman–Crippen LogP) is 1.96. The van der Waals surface area contributed by atoms with Gasteiger partial charge in [-0.1, -0.05) is 12.8 Å². The Bertz CT molecular complexity index is 158. The highest BCUT2D eigenvalue weighted by molar-refractivity contribution is 4.74. The SMILES string of the molecule is COCC(C)OC(C)CNC1CCCC1. The van der Waals surface area contributed by atoms with E-state index in [1.165, 1.54) is 25.7 Å². The number of hydrogen-bond acceptors (Lipinski definition) is 3. The summed E-state index contributed by atoms with van der Waals surface area (Å²) in [6.07, 6.45) is 5.90. The molecule has 1 fully saturated rings. The summed E-state index contributed by atoms with van der Waals surface area (Å²) in [5, 5.41) is 3.56. The molecule has 0 bridgehead atoms. The van der Waals surface area contributed by atoms with E-state index in [9.17, 15) is 0 Å². The second-order valence-corrected chi connectivity index (χ2v) is 4.60. The fourth-order valence-corrected chi connectivity index (χ4v) is 2.18. The molecule has 1 aliphatic carbocycles. The quantitative estimate of drug-likeness (QED) is 0.704. The fourth-order valence-electron chi connectivity index (χ4n) is 2.18. The van der Waals surface area contributed by atoms with Crippen LogP contribution in [0.1, 0.15) is 39.5 Å². The molecule has 1 saturated carbocycles. The van der Waals surface area contributed by atoms with Crippen LogP contribution in [0.15, 0.2) is 0 Å². The minimum Gasteiger partial charge on any atom is -0.382 e. The highest BCUT2D eigenvalue weighted by Gasteiger charge is 2.15. The summed E-state index contributed by atoms with van der Waals surface area (Å²) in [5.74, 6) is 0. The van der Waals surface area contributed by atoms with Gasteiger partial charge in [-0.3, -0.25) is 0 Å². The van der Waals surface area contributed by atoms with Gasteiger partial charge in [0.15, 0.2) is 0 Å². The first kappa shape index (κ1) is 12.9. The van der Waals surface area contributed by atoms with Gasteiger partial charge in [-0.15, -0.1) is 0 Å². The van der Waals surface area contributed by atoms with Crippen molar-refractivity contribution < 1.29 is 9.47 Å². The molecule has 3 heteroatoms. The Hall–Kier alpha value is -0.120. The molecule has 0 radical (unpaired) electrons. The van der Waals surface area contributed by atoms with Crippen LogP contribution in [-0.2, 0) is 9.47 Å². The zero-order valence-electron chi connectivity index (χ0n) is 10.3. The van der Waals surface area contributed by atoms with Gasteiger partial charge in [-0.25, -0.2) is 0 Å². The molecule has 2 atom stereocenters. The average Bonchev–Trinajstić information content (AvgIpc) is 2.67. The van der Waals surface area contributed by atoms with Crippen molar-refractivity contribution in [2.75, 3.05) is 20.3 Å². The summed E-state index contributed by atoms with van der Waals surface area (Å²) >= 11 is 0. The normalized spacial score (nSPS) is 21.8. The Morgan fingerprint density at radius 3 is 2.47 bits per heavy atom. The molecule has 3 nitrogen and oxygen atoms in total. The summed E-state index contributed by atoms with van der Waals surface area (Å²) < 4.78 is 10.8. The Morgan fingerprint density at radius 1 is 1.20 bits per heavy atom. The van der Waals surface area contributed by atoms with Crippen molar-refractivity contribution in [3.05, 3.63) is 0 Å². The third kappa shape index (κ3) is 5.50. The number of nitrogens with one attached hydrogen (secondary N) is 1. The van der Waals surface area contributed by atoms with Crippen LogP contribution in [-0.4, -0.2) is 38.5 Å². The van der Waals surface area contributed by atoms with Gasteiger partial charge in [0.2, 0.25) is 0 Å². The number of rotatable bonds is 7. The monoisotopic (exact) mass is 215 g/mol. The number of hydrogen-bond donors (Lipinski definition) is 1. The van der Waals surface area contributed by atoms with E-state index < -0.39 is 0 Å². The molecule has 0 aromatic carbocycles. The minimum atomic E-state index is 0.190. The number of ether oxygens (including phenoxy) is 2. The van der Waals surface area contributed by atoms with Crippen molar-refractivity contribution >= 4 is 0 Å². The second-order valence-electron chi connectivity index (χ2n) is 4.60. The lowest BCUT2D eigenvalue weighted by Gasteiger charge is -2.21. The van der Waals surface area contributed by atoms with Crippen molar-refractivity contribution in [3.63, 3.8) is 0 Å². The topological polar surface area (TPSA) is 30.5 Å². The molecule has 1 aliphatic rings. The maximum absolute atomic E-state index is 5.76. The largest absolute Gasteiger partial charge is 0.382 e. The lowest BCUT2D eigenvalue weighted by atomic mass is 10.2. The van der Waals surface area contributed by atoms with E-state index >= 15 is 0 Å². The summed E-state index contributed by atoms with van der Waals surface area (Å²) in [4.78, 5) is 0. The summed E-state index contributed by atoms with van der Waals surface area (Å²) in [5.41, 5.74) is 0. The van der Waals surface area contributed by atoms with Crippen LogP contribution >= 0.6 is 0 Å². The predicted molar refractivity (Wildman–Crippen MR) is 62.1 cm³/mol. The van der Waals surface area contributed by atoms with Crippen LogP contribution in [0.4, 0.5) is 0 Å².